The highest BCUT2D eigenvalue weighted by Gasteiger charge is 2.26. The maximum absolute atomic E-state index is 2.83. The van der Waals surface area contributed by atoms with Crippen molar-refractivity contribution in [1.29, 1.82) is 0 Å². The summed E-state index contributed by atoms with van der Waals surface area (Å²) in [4.78, 5) is 0. The molecule has 104 valence electrons. The van der Waals surface area contributed by atoms with Gasteiger partial charge in [-0.05, 0) is 12.1 Å². The molecule has 0 amide bonds. The molecule has 0 aliphatic carbocycles. The van der Waals surface area contributed by atoms with E-state index in [1.165, 1.54) is 43.4 Å². The topological polar surface area (TPSA) is 0 Å². The molecule has 0 aromatic carbocycles. The van der Waals surface area contributed by atoms with Gasteiger partial charge in [-0.3, -0.25) is 0 Å². The first-order chi connectivity index (χ1) is 7.95. The van der Waals surface area contributed by atoms with Crippen LogP contribution in [-0.2, 0) is 0 Å². The van der Waals surface area contributed by atoms with Gasteiger partial charge in [-0.25, -0.2) is 0 Å². The van der Waals surface area contributed by atoms with E-state index < -0.39 is 11.1 Å². The fraction of sp³-hybridized carbons (Fsp3) is 1.00. The van der Waals surface area contributed by atoms with Crippen molar-refractivity contribution in [2.75, 3.05) is 0 Å². The maximum atomic E-state index is 2.83. The van der Waals surface area contributed by atoms with E-state index in [2.05, 4.69) is 71.3 Å². The second kappa shape index (κ2) is 9.74. The van der Waals surface area contributed by atoms with Crippen molar-refractivity contribution in [2.45, 2.75) is 83.2 Å². The Balaban J connectivity index is 3.72. The Morgan fingerprint density at radius 3 is 1.12 bits per heavy atom. The largest absolute Gasteiger partial charge is 0.125 e. The van der Waals surface area contributed by atoms with Gasteiger partial charge in [-0.2, -0.15) is 0 Å². The number of rotatable bonds is 10. The van der Waals surface area contributed by atoms with Crippen molar-refractivity contribution in [1.82, 2.24) is 0 Å². The second-order valence-corrected chi connectivity index (χ2v) is 27.4. The van der Waals surface area contributed by atoms with E-state index in [0.717, 1.165) is 0 Å². The summed E-state index contributed by atoms with van der Waals surface area (Å²) in [5, 5.41) is 0. The summed E-state index contributed by atoms with van der Waals surface area (Å²) in [5.74, 6) is 0. The molecule has 0 atom stereocenters. The molecule has 0 saturated heterocycles. The summed E-state index contributed by atoms with van der Waals surface area (Å²) < 4.78 is 0. The zero-order chi connectivity index (χ0) is 13.4. The summed E-state index contributed by atoms with van der Waals surface area (Å²) in [7, 11) is 0. The molecule has 0 bridgehead atoms. The molecule has 0 radical (unpaired) electrons. The van der Waals surface area contributed by atoms with Crippen LogP contribution < -0.4 is 0 Å². The van der Waals surface area contributed by atoms with E-state index >= 15 is 0 Å². The Labute approximate surface area is 137 Å². The van der Waals surface area contributed by atoms with E-state index in [1.54, 1.807) is 12.1 Å². The molecule has 0 spiro atoms. The molecular formula is C13H30I2Si2. The van der Waals surface area contributed by atoms with Crippen LogP contribution in [0.2, 0.25) is 36.3 Å². The molecule has 0 aliphatic rings. The van der Waals surface area contributed by atoms with Gasteiger partial charge in [0.25, 0.3) is 0 Å². The van der Waals surface area contributed by atoms with Gasteiger partial charge in [0.1, 0.15) is 11.1 Å². The van der Waals surface area contributed by atoms with Gasteiger partial charge in [-0.15, -0.1) is 43.6 Å². The highest BCUT2D eigenvalue weighted by Crippen LogP contribution is 2.32. The van der Waals surface area contributed by atoms with Crippen molar-refractivity contribution in [3.63, 3.8) is 0 Å². The van der Waals surface area contributed by atoms with Crippen molar-refractivity contribution < 1.29 is 0 Å². The minimum atomic E-state index is -0.830. The van der Waals surface area contributed by atoms with Crippen molar-refractivity contribution >= 4 is 54.7 Å². The summed E-state index contributed by atoms with van der Waals surface area (Å²) in [6.45, 7) is 9.61. The Kier molecular flexibility index (Phi) is 10.8. The minimum Gasteiger partial charge on any atom is -0.119 e. The first-order valence-electron chi connectivity index (χ1n) is 7.33. The van der Waals surface area contributed by atoms with Crippen LogP contribution in [0.25, 0.3) is 0 Å². The molecule has 0 aromatic rings. The molecule has 17 heavy (non-hydrogen) atoms. The fourth-order valence-electron chi connectivity index (χ4n) is 2.27. The third-order valence-corrected chi connectivity index (χ3v) is 24.2. The molecule has 0 rings (SSSR count). The number of unbranched alkanes of at least 4 members (excludes halogenated alkanes) is 2. The normalized spacial score (nSPS) is 13.1. The van der Waals surface area contributed by atoms with Crippen molar-refractivity contribution in [3.8, 4) is 0 Å². The highest BCUT2D eigenvalue weighted by molar-refractivity contribution is 14.1. The minimum absolute atomic E-state index is 0.830. The summed E-state index contributed by atoms with van der Waals surface area (Å²) >= 11 is 5.66. The average Bonchev–Trinajstić information content (AvgIpc) is 2.37. The quantitative estimate of drug-likeness (QED) is 0.132. The number of hydrogen-bond acceptors (Lipinski definition) is 0. The van der Waals surface area contributed by atoms with Gasteiger partial charge in [0.2, 0.25) is 0 Å². The third kappa shape index (κ3) is 7.92. The van der Waals surface area contributed by atoms with E-state index in [1.807, 2.05) is 0 Å². The monoisotopic (exact) mass is 496 g/mol. The van der Waals surface area contributed by atoms with Crippen LogP contribution in [0.4, 0.5) is 0 Å². The molecule has 0 aromatic heterocycles. The third-order valence-electron chi connectivity index (χ3n) is 4.28. The average molecular weight is 496 g/mol. The predicted octanol–water partition coefficient (Wildman–Crippen LogP) is 7.00. The summed E-state index contributed by atoms with van der Waals surface area (Å²) in [6.07, 6.45) is 4.51. The first-order valence-corrected chi connectivity index (χ1v) is 18.8. The molecular weight excluding hydrogens is 466 g/mol. The van der Waals surface area contributed by atoms with Crippen LogP contribution in [0.15, 0.2) is 0 Å². The lowest BCUT2D eigenvalue weighted by molar-refractivity contribution is 0.755. The lowest BCUT2D eigenvalue weighted by Crippen LogP contribution is -2.24. The van der Waals surface area contributed by atoms with Crippen LogP contribution in [0.5, 0.6) is 0 Å². The van der Waals surface area contributed by atoms with Crippen LogP contribution in [0, 0.1) is 0 Å². The molecule has 0 N–H and O–H groups in total. The second-order valence-electron chi connectivity index (χ2n) is 5.28. The molecule has 0 fully saturated rings. The SMILES string of the molecule is CC[Si](I)(CC)CCCCC[Si](I)(CC)CC. The van der Waals surface area contributed by atoms with Crippen LogP contribution >= 0.6 is 43.6 Å². The molecule has 4 heteroatoms. The van der Waals surface area contributed by atoms with Gasteiger partial charge in [0, 0.05) is 0 Å². The Bertz CT molecular complexity index is 170. The molecule has 0 saturated carbocycles. The number of hydrogen-bond donors (Lipinski definition) is 0. The van der Waals surface area contributed by atoms with Gasteiger partial charge in [-0.1, -0.05) is 71.1 Å². The zero-order valence-corrected chi connectivity index (χ0v) is 18.4. The van der Waals surface area contributed by atoms with E-state index in [9.17, 15) is 0 Å². The molecule has 0 heterocycles. The van der Waals surface area contributed by atoms with E-state index in [4.69, 9.17) is 0 Å². The standard InChI is InChI=1S/C13H30I2Si2/c1-5-16(14,6-2)12-10-9-11-13-17(15,7-3)8-4/h5-13H2,1-4H3. The van der Waals surface area contributed by atoms with Gasteiger partial charge >= 0.3 is 0 Å². The lowest BCUT2D eigenvalue weighted by Gasteiger charge is -2.23. The summed E-state index contributed by atoms with van der Waals surface area (Å²) in [6, 6.07) is 9.01. The van der Waals surface area contributed by atoms with Crippen molar-refractivity contribution in [2.24, 2.45) is 0 Å². The fourth-order valence-corrected chi connectivity index (χ4v) is 8.74. The Morgan fingerprint density at radius 2 is 0.882 bits per heavy atom. The Hall–Kier alpha value is 1.89. The number of halogens is 2. The van der Waals surface area contributed by atoms with E-state index in [-0.39, 0.29) is 0 Å². The lowest BCUT2D eigenvalue weighted by atomic mass is 10.3. The predicted molar refractivity (Wildman–Crippen MR) is 105 cm³/mol. The van der Waals surface area contributed by atoms with Crippen LogP contribution in [0.3, 0.4) is 0 Å². The molecule has 0 nitrogen and oxygen atoms in total. The van der Waals surface area contributed by atoms with Crippen molar-refractivity contribution in [3.05, 3.63) is 0 Å². The van der Waals surface area contributed by atoms with Gasteiger partial charge < -0.3 is 0 Å². The molecule has 0 unspecified atom stereocenters. The smallest absolute Gasteiger partial charge is 0.119 e. The van der Waals surface area contributed by atoms with Crippen LogP contribution in [-0.4, -0.2) is 11.1 Å². The Morgan fingerprint density at radius 1 is 0.588 bits per heavy atom. The zero-order valence-electron chi connectivity index (χ0n) is 12.1. The van der Waals surface area contributed by atoms with Crippen LogP contribution in [0.1, 0.15) is 47.0 Å². The van der Waals surface area contributed by atoms with Gasteiger partial charge in [0.15, 0.2) is 0 Å². The maximum Gasteiger partial charge on any atom is 0.125 e. The first kappa shape index (κ1) is 18.9. The molecule has 0 aliphatic heterocycles. The van der Waals surface area contributed by atoms with Gasteiger partial charge in [0.05, 0.1) is 0 Å². The van der Waals surface area contributed by atoms with E-state index in [0.29, 0.717) is 0 Å². The highest BCUT2D eigenvalue weighted by atomic mass is 127. The summed E-state index contributed by atoms with van der Waals surface area (Å²) in [5.41, 5.74) is -1.66.